The number of piperidine rings is 1. The van der Waals surface area contributed by atoms with Gasteiger partial charge in [0.1, 0.15) is 6.61 Å². The zero-order chi connectivity index (χ0) is 24.8. The largest absolute Gasteiger partial charge is 0.480 e. The molecule has 35 heavy (non-hydrogen) atoms. The van der Waals surface area contributed by atoms with Crippen LogP contribution in [0.3, 0.4) is 0 Å². The number of fused-ring (bicyclic) bond motifs is 1. The Balaban J connectivity index is 0.000000421. The number of aromatic nitrogens is 3. The molecule has 2 fully saturated rings. The summed E-state index contributed by atoms with van der Waals surface area (Å²) in [6.45, 7) is 7.03. The summed E-state index contributed by atoms with van der Waals surface area (Å²) < 4.78 is 7.05. The van der Waals surface area contributed by atoms with Crippen LogP contribution < -0.4 is 4.90 Å². The molecule has 2 aliphatic heterocycles. The zero-order valence-electron chi connectivity index (χ0n) is 20.3. The fraction of sp³-hybridized carbons (Fsp3) is 0.462. The number of carbonyl (C=O) groups is 2. The zero-order valence-corrected chi connectivity index (χ0v) is 20.3. The Morgan fingerprint density at radius 2 is 1.71 bits per heavy atom. The average molecular weight is 480 g/mol. The average Bonchev–Trinajstić information content (AvgIpc) is 3.51. The first kappa shape index (κ1) is 24.7. The molecule has 5 rings (SSSR count). The van der Waals surface area contributed by atoms with Crippen LogP contribution in [0.4, 0.5) is 5.69 Å². The lowest BCUT2D eigenvalue weighted by Gasteiger charge is -2.30. The van der Waals surface area contributed by atoms with E-state index in [0.29, 0.717) is 37.5 Å². The van der Waals surface area contributed by atoms with Crippen molar-refractivity contribution in [2.75, 3.05) is 37.7 Å². The number of nitrogens with zero attached hydrogens (tertiary/aromatic N) is 5. The molecule has 1 atom stereocenters. The molecule has 9 heteroatoms. The molecular formula is C26H33N5O4. The molecule has 1 amide bonds. The van der Waals surface area contributed by atoms with Gasteiger partial charge in [0.25, 0.3) is 5.91 Å². The lowest BCUT2D eigenvalue weighted by Crippen LogP contribution is -2.41. The summed E-state index contributed by atoms with van der Waals surface area (Å²) in [7, 11) is 0. The van der Waals surface area contributed by atoms with Crippen LogP contribution >= 0.6 is 0 Å². The number of carboxylic acids is 1. The normalized spacial score (nSPS) is 18.4. The quantitative estimate of drug-likeness (QED) is 0.599. The highest BCUT2D eigenvalue weighted by molar-refractivity contribution is 5.91. The van der Waals surface area contributed by atoms with Gasteiger partial charge in [0.05, 0.1) is 18.0 Å². The maximum absolute atomic E-state index is 12.9. The number of ether oxygens (including phenoxy) is 1. The minimum absolute atomic E-state index is 0.128. The molecule has 0 aliphatic carbocycles. The minimum Gasteiger partial charge on any atom is -0.480 e. The summed E-state index contributed by atoms with van der Waals surface area (Å²) in [4.78, 5) is 32.1. The van der Waals surface area contributed by atoms with Crippen molar-refractivity contribution < 1.29 is 19.4 Å². The first-order chi connectivity index (χ1) is 16.9. The summed E-state index contributed by atoms with van der Waals surface area (Å²) in [6, 6.07) is 14.1. The number of anilines is 1. The number of benzene rings is 1. The van der Waals surface area contributed by atoms with E-state index in [1.807, 2.05) is 49.5 Å². The third-order valence-corrected chi connectivity index (χ3v) is 6.42. The van der Waals surface area contributed by atoms with Crippen LogP contribution in [0, 0.1) is 12.8 Å². The number of amides is 1. The van der Waals surface area contributed by atoms with E-state index >= 15 is 0 Å². The highest BCUT2D eigenvalue weighted by atomic mass is 16.5. The van der Waals surface area contributed by atoms with Crippen molar-refractivity contribution in [1.29, 1.82) is 0 Å². The van der Waals surface area contributed by atoms with Gasteiger partial charge in [-0.2, -0.15) is 0 Å². The predicted molar refractivity (Wildman–Crippen MR) is 133 cm³/mol. The smallest absolute Gasteiger partial charge is 0.329 e. The highest BCUT2D eigenvalue weighted by Gasteiger charge is 2.27. The van der Waals surface area contributed by atoms with Gasteiger partial charge >= 0.3 is 5.97 Å². The third-order valence-electron chi connectivity index (χ3n) is 6.42. The van der Waals surface area contributed by atoms with Gasteiger partial charge in [-0.1, -0.05) is 43.3 Å². The van der Waals surface area contributed by atoms with Gasteiger partial charge in [-0.05, 0) is 43.7 Å². The minimum atomic E-state index is -0.976. The van der Waals surface area contributed by atoms with Crippen molar-refractivity contribution in [1.82, 2.24) is 19.5 Å². The highest BCUT2D eigenvalue weighted by Crippen LogP contribution is 2.25. The van der Waals surface area contributed by atoms with E-state index in [-0.39, 0.29) is 24.4 Å². The van der Waals surface area contributed by atoms with Crippen LogP contribution in [-0.4, -0.2) is 75.4 Å². The Hall–Kier alpha value is -3.46. The number of carboxylic acid groups (broad SMARTS) is 1. The van der Waals surface area contributed by atoms with Crippen molar-refractivity contribution in [3.05, 3.63) is 60.0 Å². The summed E-state index contributed by atoms with van der Waals surface area (Å²) in [5, 5.41) is 13.2. The van der Waals surface area contributed by atoms with Crippen molar-refractivity contribution in [2.24, 2.45) is 5.92 Å². The van der Waals surface area contributed by atoms with Crippen LogP contribution in [0.1, 0.15) is 42.4 Å². The molecule has 0 saturated carbocycles. The second-order valence-electron chi connectivity index (χ2n) is 9.28. The van der Waals surface area contributed by atoms with Gasteiger partial charge in [0.2, 0.25) is 5.82 Å². The SMILES string of the molecule is Cc1cc(N2CCC(C)C2)cn2nc(C(=O)N3CCC(OCC(=O)O)CC3)nc12.c1ccccc1. The molecule has 186 valence electrons. The molecule has 1 unspecified atom stereocenters. The lowest BCUT2D eigenvalue weighted by molar-refractivity contribution is -0.145. The number of pyridine rings is 1. The summed E-state index contributed by atoms with van der Waals surface area (Å²) >= 11 is 0. The van der Waals surface area contributed by atoms with Gasteiger partial charge in [-0.25, -0.2) is 14.3 Å². The monoisotopic (exact) mass is 479 g/mol. The Labute approximate surface area is 205 Å². The number of aryl methyl sites for hydroxylation is 1. The van der Waals surface area contributed by atoms with Crippen LogP contribution in [0.15, 0.2) is 48.7 Å². The van der Waals surface area contributed by atoms with Gasteiger partial charge in [-0.3, -0.25) is 4.79 Å². The Kier molecular flexibility index (Phi) is 7.97. The fourth-order valence-corrected chi connectivity index (χ4v) is 4.51. The Morgan fingerprint density at radius 3 is 2.29 bits per heavy atom. The van der Waals surface area contributed by atoms with Gasteiger partial charge in [-0.15, -0.1) is 5.10 Å². The van der Waals surface area contributed by atoms with E-state index in [1.54, 1.807) is 9.42 Å². The van der Waals surface area contributed by atoms with Crippen LogP contribution in [0.5, 0.6) is 0 Å². The number of carbonyl (C=O) groups excluding carboxylic acids is 1. The van der Waals surface area contributed by atoms with Gasteiger partial charge < -0.3 is 19.6 Å². The van der Waals surface area contributed by atoms with Crippen molar-refractivity contribution in [3.63, 3.8) is 0 Å². The molecule has 2 aromatic heterocycles. The van der Waals surface area contributed by atoms with E-state index in [0.717, 1.165) is 24.3 Å². The van der Waals surface area contributed by atoms with E-state index in [4.69, 9.17) is 9.84 Å². The molecule has 0 bridgehead atoms. The second-order valence-corrected chi connectivity index (χ2v) is 9.28. The van der Waals surface area contributed by atoms with E-state index in [2.05, 4.69) is 28.0 Å². The maximum Gasteiger partial charge on any atom is 0.329 e. The number of hydrogen-bond donors (Lipinski definition) is 1. The Morgan fingerprint density at radius 1 is 1.06 bits per heavy atom. The van der Waals surface area contributed by atoms with E-state index < -0.39 is 5.97 Å². The van der Waals surface area contributed by atoms with Crippen molar-refractivity contribution in [3.8, 4) is 0 Å². The number of likely N-dealkylation sites (tertiary alicyclic amines) is 1. The number of hydrogen-bond acceptors (Lipinski definition) is 6. The van der Waals surface area contributed by atoms with Crippen LogP contribution in [-0.2, 0) is 9.53 Å². The molecule has 2 aliphatic rings. The van der Waals surface area contributed by atoms with Crippen molar-refractivity contribution in [2.45, 2.75) is 39.2 Å². The van der Waals surface area contributed by atoms with E-state index in [1.165, 1.54) is 6.42 Å². The maximum atomic E-state index is 12.9. The lowest BCUT2D eigenvalue weighted by atomic mass is 10.1. The number of aliphatic carboxylic acids is 1. The first-order valence-corrected chi connectivity index (χ1v) is 12.2. The van der Waals surface area contributed by atoms with Crippen molar-refractivity contribution >= 4 is 23.2 Å². The molecule has 1 aromatic carbocycles. The van der Waals surface area contributed by atoms with Crippen LogP contribution in [0.25, 0.3) is 5.65 Å². The molecule has 4 heterocycles. The van der Waals surface area contributed by atoms with E-state index in [9.17, 15) is 9.59 Å². The number of rotatable bonds is 5. The summed E-state index contributed by atoms with van der Waals surface area (Å²) in [5.74, 6) is -0.289. The predicted octanol–water partition coefficient (Wildman–Crippen LogP) is 3.28. The molecule has 1 N–H and O–H groups in total. The van der Waals surface area contributed by atoms with Gasteiger partial charge in [0, 0.05) is 26.2 Å². The fourth-order valence-electron chi connectivity index (χ4n) is 4.51. The molecule has 0 radical (unpaired) electrons. The van der Waals surface area contributed by atoms with Gasteiger partial charge in [0.15, 0.2) is 5.65 Å². The Bertz CT molecular complexity index is 1110. The first-order valence-electron chi connectivity index (χ1n) is 12.2. The molecule has 0 spiro atoms. The summed E-state index contributed by atoms with van der Waals surface area (Å²) in [6.07, 6.45) is 4.24. The third kappa shape index (κ3) is 6.36. The second kappa shape index (κ2) is 11.3. The molecular weight excluding hydrogens is 446 g/mol. The molecule has 9 nitrogen and oxygen atoms in total. The summed E-state index contributed by atoms with van der Waals surface area (Å²) in [5.41, 5.74) is 2.80. The molecule has 2 saturated heterocycles. The standard InChI is InChI=1S/C20H27N5O4.C6H6/c1-13-3-6-24(10-13)15-9-14(2)19-21-18(22-25(19)11-15)20(28)23-7-4-16(5-8-23)29-12-17(26)27;1-2-4-6-5-3-1/h9,11,13,16H,3-8,10,12H2,1-2H3,(H,26,27);1-6H. The molecule has 3 aromatic rings. The topological polar surface area (TPSA) is 100 Å². The van der Waals surface area contributed by atoms with Crippen LogP contribution in [0.2, 0.25) is 0 Å².